The smallest absolute Gasteiger partial charge is 1.00 e. The molecule has 1 heterocycles. The largest absolute Gasteiger partial charge is 2.00 e. The van der Waals surface area contributed by atoms with Crippen molar-refractivity contribution in [2.24, 2.45) is 0 Å². The average Bonchev–Trinajstić information content (AvgIpc) is 2.58. The SMILES string of the molecule is [Cl-].[Mg+2].[c-]1ccccc1-n1ccnn1. The first-order valence-electron chi connectivity index (χ1n) is 3.30. The summed E-state index contributed by atoms with van der Waals surface area (Å²) in [4.78, 5) is 0. The fourth-order valence-corrected chi connectivity index (χ4v) is 0.863. The summed E-state index contributed by atoms with van der Waals surface area (Å²) in [7, 11) is 0. The van der Waals surface area contributed by atoms with Crippen molar-refractivity contribution >= 4 is 23.1 Å². The Morgan fingerprint density at radius 2 is 2.15 bits per heavy atom. The first-order valence-corrected chi connectivity index (χ1v) is 3.30. The van der Waals surface area contributed by atoms with Gasteiger partial charge in [0.25, 0.3) is 0 Å². The van der Waals surface area contributed by atoms with Crippen LogP contribution in [-0.4, -0.2) is 38.0 Å². The minimum atomic E-state index is 0. The van der Waals surface area contributed by atoms with Crippen LogP contribution in [0.1, 0.15) is 0 Å². The van der Waals surface area contributed by atoms with E-state index in [0.717, 1.165) is 5.69 Å². The van der Waals surface area contributed by atoms with E-state index in [4.69, 9.17) is 0 Å². The van der Waals surface area contributed by atoms with Crippen molar-refractivity contribution in [1.29, 1.82) is 0 Å². The van der Waals surface area contributed by atoms with Crippen LogP contribution in [0.4, 0.5) is 0 Å². The topological polar surface area (TPSA) is 30.7 Å². The standard InChI is InChI=1S/C8H6N3.ClH.Mg/c1-2-4-8(5-3-1)11-7-6-9-10-11;;/h1-4,6-7H;1H;/q-1;;+2/p-1. The van der Waals surface area contributed by atoms with Crippen LogP contribution in [-0.2, 0) is 0 Å². The van der Waals surface area contributed by atoms with E-state index in [9.17, 15) is 0 Å². The Kier molecular flexibility index (Phi) is 5.69. The molecular formula is C8H6ClMgN3. The summed E-state index contributed by atoms with van der Waals surface area (Å²) in [5.74, 6) is 0. The van der Waals surface area contributed by atoms with Crippen molar-refractivity contribution in [2.45, 2.75) is 0 Å². The maximum absolute atomic E-state index is 3.82. The van der Waals surface area contributed by atoms with Gasteiger partial charge in [-0.05, 0) is 5.69 Å². The predicted molar refractivity (Wildman–Crippen MR) is 45.9 cm³/mol. The summed E-state index contributed by atoms with van der Waals surface area (Å²) < 4.78 is 1.67. The second kappa shape index (κ2) is 5.96. The quantitative estimate of drug-likeness (QED) is 0.386. The summed E-state index contributed by atoms with van der Waals surface area (Å²) in [6.45, 7) is 0. The Labute approximate surface area is 98.7 Å². The van der Waals surface area contributed by atoms with Gasteiger partial charge in [-0.25, -0.2) is 4.68 Å². The Balaban J connectivity index is 0.000000720. The monoisotopic (exact) mass is 203 g/mol. The van der Waals surface area contributed by atoms with Crippen molar-refractivity contribution in [3.8, 4) is 5.69 Å². The van der Waals surface area contributed by atoms with Crippen LogP contribution in [0.2, 0.25) is 0 Å². The van der Waals surface area contributed by atoms with Gasteiger partial charge in [0.1, 0.15) is 0 Å². The zero-order valence-electron chi connectivity index (χ0n) is 6.89. The van der Waals surface area contributed by atoms with Gasteiger partial charge >= 0.3 is 23.1 Å². The molecule has 2 aromatic rings. The Bertz CT molecular complexity index is 322. The van der Waals surface area contributed by atoms with Gasteiger partial charge in [-0.3, -0.25) is 0 Å². The van der Waals surface area contributed by atoms with Gasteiger partial charge in [-0.15, -0.1) is 11.2 Å². The molecular weight excluding hydrogens is 198 g/mol. The fourth-order valence-electron chi connectivity index (χ4n) is 0.863. The van der Waals surface area contributed by atoms with Gasteiger partial charge in [0.05, 0.1) is 6.20 Å². The van der Waals surface area contributed by atoms with Gasteiger partial charge < -0.3 is 12.4 Å². The third kappa shape index (κ3) is 2.98. The summed E-state index contributed by atoms with van der Waals surface area (Å²) in [5, 5.41) is 7.51. The van der Waals surface area contributed by atoms with Gasteiger partial charge in [-0.2, -0.15) is 24.3 Å². The van der Waals surface area contributed by atoms with Crippen LogP contribution >= 0.6 is 0 Å². The van der Waals surface area contributed by atoms with Crippen LogP contribution < -0.4 is 12.4 Å². The van der Waals surface area contributed by atoms with E-state index in [0.29, 0.717) is 0 Å². The Hall–Kier alpha value is -0.584. The molecule has 1 aromatic carbocycles. The number of rotatable bonds is 1. The molecule has 0 aliphatic heterocycles. The van der Waals surface area contributed by atoms with Crippen LogP contribution in [0.5, 0.6) is 0 Å². The van der Waals surface area contributed by atoms with Crippen molar-refractivity contribution in [1.82, 2.24) is 15.0 Å². The van der Waals surface area contributed by atoms with E-state index in [-0.39, 0.29) is 35.5 Å². The first-order chi connectivity index (χ1) is 5.47. The molecule has 3 nitrogen and oxygen atoms in total. The molecule has 0 fully saturated rings. The van der Waals surface area contributed by atoms with Crippen molar-refractivity contribution < 1.29 is 12.4 Å². The Morgan fingerprint density at radius 1 is 1.31 bits per heavy atom. The fraction of sp³-hybridized carbons (Fsp3) is 0. The molecule has 0 aliphatic rings. The number of hydrogen-bond donors (Lipinski definition) is 0. The van der Waals surface area contributed by atoms with Crippen LogP contribution in [0.25, 0.3) is 5.69 Å². The molecule has 0 saturated heterocycles. The zero-order chi connectivity index (χ0) is 7.52. The van der Waals surface area contributed by atoms with E-state index < -0.39 is 0 Å². The van der Waals surface area contributed by atoms with Gasteiger partial charge in [0, 0.05) is 6.20 Å². The third-order valence-corrected chi connectivity index (χ3v) is 1.36. The first kappa shape index (κ1) is 12.4. The van der Waals surface area contributed by atoms with E-state index in [1.807, 2.05) is 24.3 Å². The molecule has 0 unspecified atom stereocenters. The van der Waals surface area contributed by atoms with E-state index in [1.165, 1.54) is 0 Å². The van der Waals surface area contributed by atoms with E-state index in [2.05, 4.69) is 16.4 Å². The molecule has 0 spiro atoms. The second-order valence-corrected chi connectivity index (χ2v) is 2.10. The van der Waals surface area contributed by atoms with Crippen molar-refractivity contribution in [2.75, 3.05) is 0 Å². The van der Waals surface area contributed by atoms with Crippen molar-refractivity contribution in [3.05, 3.63) is 42.7 Å². The molecule has 5 heteroatoms. The van der Waals surface area contributed by atoms with E-state index >= 15 is 0 Å². The van der Waals surface area contributed by atoms with Gasteiger partial charge in [0.15, 0.2) is 0 Å². The molecule has 0 bridgehead atoms. The summed E-state index contributed by atoms with van der Waals surface area (Å²) in [6, 6.07) is 10.7. The molecule has 0 aliphatic carbocycles. The number of hydrogen-bond acceptors (Lipinski definition) is 2. The average molecular weight is 204 g/mol. The molecule has 0 N–H and O–H groups in total. The van der Waals surface area contributed by atoms with Crippen LogP contribution in [0.3, 0.4) is 0 Å². The number of nitrogens with zero attached hydrogens (tertiary/aromatic N) is 3. The van der Waals surface area contributed by atoms with Gasteiger partial charge in [-0.1, -0.05) is 5.21 Å². The molecule has 0 saturated carbocycles. The molecule has 0 radical (unpaired) electrons. The Morgan fingerprint density at radius 3 is 2.69 bits per heavy atom. The van der Waals surface area contributed by atoms with E-state index in [1.54, 1.807) is 17.1 Å². The molecule has 0 atom stereocenters. The minimum Gasteiger partial charge on any atom is -1.00 e. The number of para-hydroxylation sites is 1. The molecule has 13 heavy (non-hydrogen) atoms. The third-order valence-electron chi connectivity index (χ3n) is 1.36. The number of benzene rings is 1. The second-order valence-electron chi connectivity index (χ2n) is 2.10. The number of aromatic nitrogens is 3. The number of halogens is 1. The minimum absolute atomic E-state index is 0. The summed E-state index contributed by atoms with van der Waals surface area (Å²) in [6.07, 6.45) is 3.42. The molecule has 2 rings (SSSR count). The zero-order valence-corrected chi connectivity index (χ0v) is 9.06. The van der Waals surface area contributed by atoms with Crippen LogP contribution in [0.15, 0.2) is 36.7 Å². The summed E-state index contributed by atoms with van der Waals surface area (Å²) >= 11 is 0. The maximum Gasteiger partial charge on any atom is 2.00 e. The molecule has 0 amide bonds. The summed E-state index contributed by atoms with van der Waals surface area (Å²) in [5.41, 5.74) is 0.907. The normalized spacial score (nSPS) is 8.31. The maximum atomic E-state index is 3.82. The molecule has 1 aromatic heterocycles. The predicted octanol–water partition coefficient (Wildman–Crippen LogP) is -2.31. The van der Waals surface area contributed by atoms with Gasteiger partial charge in [0.2, 0.25) is 0 Å². The van der Waals surface area contributed by atoms with Crippen LogP contribution in [0, 0.1) is 6.07 Å². The molecule has 62 valence electrons. The van der Waals surface area contributed by atoms with Crippen molar-refractivity contribution in [3.63, 3.8) is 0 Å².